The van der Waals surface area contributed by atoms with Crippen LogP contribution in [0.15, 0.2) is 18.2 Å². The van der Waals surface area contributed by atoms with Gasteiger partial charge >= 0.3 is 0 Å². The molecule has 0 fully saturated rings. The van der Waals surface area contributed by atoms with Gasteiger partial charge in [0.05, 0.1) is 13.0 Å². The first-order valence-corrected chi connectivity index (χ1v) is 5.21. The third-order valence-corrected chi connectivity index (χ3v) is 2.17. The van der Waals surface area contributed by atoms with Crippen LogP contribution in [0.3, 0.4) is 0 Å². The summed E-state index contributed by atoms with van der Waals surface area (Å²) in [7, 11) is 1.53. The van der Waals surface area contributed by atoms with E-state index in [-0.39, 0.29) is 5.91 Å². The molecule has 0 radical (unpaired) electrons. The second-order valence-corrected chi connectivity index (χ2v) is 3.93. The van der Waals surface area contributed by atoms with Crippen molar-refractivity contribution in [1.29, 1.82) is 0 Å². The molecule has 1 aromatic rings. The molecule has 0 atom stereocenters. The van der Waals surface area contributed by atoms with Crippen molar-refractivity contribution in [2.24, 2.45) is 5.84 Å². The smallest absolute Gasteiger partial charge is 0.239 e. The Bertz CT molecular complexity index is 355. The van der Waals surface area contributed by atoms with E-state index in [1.807, 2.05) is 26.0 Å². The molecule has 0 aliphatic rings. The van der Waals surface area contributed by atoms with E-state index in [9.17, 15) is 4.79 Å². The van der Waals surface area contributed by atoms with Gasteiger partial charge in [-0.1, -0.05) is 6.07 Å². The molecule has 0 bridgehead atoms. The molecule has 1 amide bonds. The Balaban J connectivity index is 2.46. The Morgan fingerprint density at radius 2 is 1.88 bits per heavy atom. The van der Waals surface area contributed by atoms with Crippen molar-refractivity contribution in [3.8, 4) is 5.75 Å². The summed E-state index contributed by atoms with van der Waals surface area (Å²) in [5.41, 5.74) is 2.30. The monoisotopic (exact) mass is 222 g/mol. The van der Waals surface area contributed by atoms with Crippen molar-refractivity contribution in [2.45, 2.75) is 20.3 Å². The summed E-state index contributed by atoms with van der Waals surface area (Å²) in [5.74, 6) is 5.95. The summed E-state index contributed by atoms with van der Waals surface area (Å²) in [4.78, 5) is 11.2. The number of hydrazine groups is 1. The number of hydrogen-bond acceptors (Lipinski definition) is 3. The largest absolute Gasteiger partial charge is 0.493 e. The standard InChI is InChI=1S/C12H18N2O2/c1-9-6-10(2)8-11(7-9)16-5-4-12(15)14(3)13/h6-8H,4-5,13H2,1-3H3. The predicted octanol–water partition coefficient (Wildman–Crippen LogP) is 1.40. The normalized spacial score (nSPS) is 10.0. The van der Waals surface area contributed by atoms with Gasteiger partial charge in [-0.2, -0.15) is 0 Å². The number of amides is 1. The van der Waals surface area contributed by atoms with Crippen molar-refractivity contribution >= 4 is 5.91 Å². The van der Waals surface area contributed by atoms with Gasteiger partial charge < -0.3 is 4.74 Å². The first-order chi connectivity index (χ1) is 7.49. The Labute approximate surface area is 96.0 Å². The minimum atomic E-state index is -0.135. The number of nitrogens with two attached hydrogens (primary N) is 1. The van der Waals surface area contributed by atoms with E-state index in [1.165, 1.54) is 7.05 Å². The second-order valence-electron chi connectivity index (χ2n) is 3.93. The third kappa shape index (κ3) is 3.90. The Kier molecular flexibility index (Phi) is 4.31. The van der Waals surface area contributed by atoms with Crippen molar-refractivity contribution in [2.75, 3.05) is 13.7 Å². The van der Waals surface area contributed by atoms with Gasteiger partial charge in [0.2, 0.25) is 5.91 Å². The van der Waals surface area contributed by atoms with Crippen LogP contribution in [0.4, 0.5) is 0 Å². The molecule has 2 N–H and O–H groups in total. The third-order valence-electron chi connectivity index (χ3n) is 2.17. The molecule has 1 rings (SSSR count). The molecule has 16 heavy (non-hydrogen) atoms. The van der Waals surface area contributed by atoms with Gasteiger partial charge in [-0.25, -0.2) is 5.84 Å². The van der Waals surface area contributed by atoms with E-state index in [0.29, 0.717) is 13.0 Å². The molecule has 1 aromatic carbocycles. The van der Waals surface area contributed by atoms with Gasteiger partial charge in [-0.3, -0.25) is 9.80 Å². The maximum absolute atomic E-state index is 11.2. The lowest BCUT2D eigenvalue weighted by atomic mass is 10.1. The van der Waals surface area contributed by atoms with Crippen molar-refractivity contribution in [3.05, 3.63) is 29.3 Å². The second kappa shape index (κ2) is 5.51. The lowest BCUT2D eigenvalue weighted by molar-refractivity contribution is -0.130. The number of aryl methyl sites for hydroxylation is 2. The van der Waals surface area contributed by atoms with Crippen molar-refractivity contribution in [1.82, 2.24) is 5.01 Å². The Hall–Kier alpha value is -1.55. The number of hydrogen-bond donors (Lipinski definition) is 1. The van der Waals surface area contributed by atoms with Crippen LogP contribution in [0.5, 0.6) is 5.75 Å². The number of ether oxygens (including phenoxy) is 1. The maximum Gasteiger partial charge on any atom is 0.239 e. The molecule has 0 aliphatic carbocycles. The molecule has 0 saturated carbocycles. The number of nitrogens with zero attached hydrogens (tertiary/aromatic N) is 1. The molecular formula is C12H18N2O2. The summed E-state index contributed by atoms with van der Waals surface area (Å²) in [6, 6.07) is 5.97. The summed E-state index contributed by atoms with van der Waals surface area (Å²) in [6.07, 6.45) is 0.292. The van der Waals surface area contributed by atoms with E-state index in [2.05, 4.69) is 6.07 Å². The summed E-state index contributed by atoms with van der Waals surface area (Å²) in [5, 5.41) is 1.07. The minimum absolute atomic E-state index is 0.135. The van der Waals surface area contributed by atoms with Gasteiger partial charge in [0.25, 0.3) is 0 Å². The topological polar surface area (TPSA) is 55.6 Å². The molecule has 0 unspecified atom stereocenters. The van der Waals surface area contributed by atoms with Gasteiger partial charge in [0.15, 0.2) is 0 Å². The van der Waals surface area contributed by atoms with E-state index in [4.69, 9.17) is 10.6 Å². The average Bonchev–Trinajstić information content (AvgIpc) is 2.15. The van der Waals surface area contributed by atoms with Crippen LogP contribution in [0.1, 0.15) is 17.5 Å². The number of rotatable bonds is 4. The predicted molar refractivity (Wildman–Crippen MR) is 63.0 cm³/mol. The quantitative estimate of drug-likeness (QED) is 0.476. The summed E-state index contributed by atoms with van der Waals surface area (Å²) < 4.78 is 5.49. The highest BCUT2D eigenvalue weighted by molar-refractivity contribution is 5.75. The van der Waals surface area contributed by atoms with Crippen molar-refractivity contribution < 1.29 is 9.53 Å². The van der Waals surface area contributed by atoms with E-state index >= 15 is 0 Å². The first-order valence-electron chi connectivity index (χ1n) is 5.21. The highest BCUT2D eigenvalue weighted by Crippen LogP contribution is 2.16. The van der Waals surface area contributed by atoms with E-state index < -0.39 is 0 Å². The zero-order valence-corrected chi connectivity index (χ0v) is 9.99. The lowest BCUT2D eigenvalue weighted by Crippen LogP contribution is -2.33. The van der Waals surface area contributed by atoms with E-state index in [1.54, 1.807) is 0 Å². The molecule has 0 heterocycles. The zero-order chi connectivity index (χ0) is 12.1. The molecule has 4 heteroatoms. The molecule has 0 aromatic heterocycles. The van der Waals surface area contributed by atoms with Crippen LogP contribution in [-0.4, -0.2) is 24.6 Å². The highest BCUT2D eigenvalue weighted by atomic mass is 16.5. The van der Waals surface area contributed by atoms with E-state index in [0.717, 1.165) is 21.9 Å². The Morgan fingerprint density at radius 3 is 2.38 bits per heavy atom. The molecule has 4 nitrogen and oxygen atoms in total. The molecular weight excluding hydrogens is 204 g/mol. The van der Waals surface area contributed by atoms with Gasteiger partial charge in [0.1, 0.15) is 5.75 Å². The van der Waals surface area contributed by atoms with Crippen molar-refractivity contribution in [3.63, 3.8) is 0 Å². The fraction of sp³-hybridized carbons (Fsp3) is 0.417. The average molecular weight is 222 g/mol. The molecule has 0 saturated heterocycles. The summed E-state index contributed by atoms with van der Waals surface area (Å²) in [6.45, 7) is 4.38. The fourth-order valence-corrected chi connectivity index (χ4v) is 1.45. The molecule has 0 aliphatic heterocycles. The van der Waals surface area contributed by atoms with Crippen LogP contribution in [-0.2, 0) is 4.79 Å². The molecule has 0 spiro atoms. The zero-order valence-electron chi connectivity index (χ0n) is 9.99. The fourth-order valence-electron chi connectivity index (χ4n) is 1.45. The van der Waals surface area contributed by atoms with Gasteiger partial charge in [-0.15, -0.1) is 0 Å². The summed E-state index contributed by atoms with van der Waals surface area (Å²) >= 11 is 0. The van der Waals surface area contributed by atoms with Gasteiger partial charge in [0, 0.05) is 7.05 Å². The van der Waals surface area contributed by atoms with Gasteiger partial charge in [-0.05, 0) is 37.1 Å². The molecule has 88 valence electrons. The van der Waals surface area contributed by atoms with Crippen LogP contribution in [0.2, 0.25) is 0 Å². The highest BCUT2D eigenvalue weighted by Gasteiger charge is 2.04. The number of benzene rings is 1. The van der Waals surface area contributed by atoms with Crippen LogP contribution < -0.4 is 10.6 Å². The maximum atomic E-state index is 11.2. The number of carbonyl (C=O) groups is 1. The Morgan fingerprint density at radius 1 is 1.31 bits per heavy atom. The SMILES string of the molecule is Cc1cc(C)cc(OCCC(=O)N(C)N)c1. The van der Waals surface area contributed by atoms with Crippen LogP contribution in [0.25, 0.3) is 0 Å². The number of carbonyl (C=O) groups excluding carboxylic acids is 1. The minimum Gasteiger partial charge on any atom is -0.493 e. The van der Waals surface area contributed by atoms with Crippen LogP contribution in [0, 0.1) is 13.8 Å². The lowest BCUT2D eigenvalue weighted by Gasteiger charge is -2.11. The van der Waals surface area contributed by atoms with Crippen LogP contribution >= 0.6 is 0 Å². The first kappa shape index (κ1) is 12.5.